The van der Waals surface area contributed by atoms with E-state index < -0.39 is 24.1 Å². The van der Waals surface area contributed by atoms with Gasteiger partial charge >= 0.3 is 11.9 Å². The number of nitrogens with zero attached hydrogens (tertiary/aromatic N) is 2. The summed E-state index contributed by atoms with van der Waals surface area (Å²) in [5.74, 6) is -0.153. The van der Waals surface area contributed by atoms with Crippen LogP contribution in [0.5, 0.6) is 11.5 Å². The normalized spacial score (nSPS) is 12.3. The number of hydrogen-bond acceptors (Lipinski definition) is 9. The quantitative estimate of drug-likeness (QED) is 0.280. The van der Waals surface area contributed by atoms with E-state index in [4.69, 9.17) is 34.3 Å². The molecule has 0 saturated heterocycles. The number of carbonyl (C=O) groups is 2. The van der Waals surface area contributed by atoms with Crippen molar-refractivity contribution in [3.8, 4) is 11.5 Å². The third kappa shape index (κ3) is 9.56. The van der Waals surface area contributed by atoms with Crippen LogP contribution in [0.1, 0.15) is 29.7 Å². The Bertz CT molecular complexity index is 1120. The molecule has 1 aromatic carbocycles. The van der Waals surface area contributed by atoms with Crippen molar-refractivity contribution in [1.82, 2.24) is 9.88 Å². The number of aromatic nitrogens is 1. The lowest BCUT2D eigenvalue weighted by molar-refractivity contribution is -0.165. The van der Waals surface area contributed by atoms with Gasteiger partial charge in [0.15, 0.2) is 23.7 Å². The minimum absolute atomic E-state index is 0.610. The first-order chi connectivity index (χ1) is 17.6. The summed E-state index contributed by atoms with van der Waals surface area (Å²) in [5, 5.41) is 32.5. The van der Waals surface area contributed by atoms with Crippen molar-refractivity contribution in [1.29, 1.82) is 0 Å². The number of aliphatic hydroxyl groups is 2. The highest BCUT2D eigenvalue weighted by atomic mass is 16.5. The lowest BCUT2D eigenvalue weighted by Crippen LogP contribution is -2.39. The number of furan rings is 1. The van der Waals surface area contributed by atoms with E-state index in [9.17, 15) is 9.59 Å². The van der Waals surface area contributed by atoms with Gasteiger partial charge in [-0.1, -0.05) is 12.1 Å². The van der Waals surface area contributed by atoms with Crippen molar-refractivity contribution in [3.05, 3.63) is 77.5 Å². The molecule has 11 heteroatoms. The summed E-state index contributed by atoms with van der Waals surface area (Å²) in [6, 6.07) is 16.1. The largest absolute Gasteiger partial charge is 0.493 e. The molecule has 3 aromatic rings. The topological polar surface area (TPSA) is 163 Å². The summed E-state index contributed by atoms with van der Waals surface area (Å²) in [4.78, 5) is 26.3. The van der Waals surface area contributed by atoms with E-state index in [1.54, 1.807) is 7.11 Å². The van der Waals surface area contributed by atoms with Gasteiger partial charge in [-0.15, -0.1) is 0 Å². The molecule has 0 aliphatic rings. The number of rotatable bonds is 12. The van der Waals surface area contributed by atoms with Crippen LogP contribution in [0.15, 0.2) is 59.1 Å². The van der Waals surface area contributed by atoms with Gasteiger partial charge in [0.1, 0.15) is 11.5 Å². The first kappa shape index (κ1) is 29.3. The molecule has 4 N–H and O–H groups in total. The molecule has 0 amide bonds. The molecule has 3 rings (SSSR count). The van der Waals surface area contributed by atoms with E-state index in [0.29, 0.717) is 13.2 Å². The third-order valence-electron chi connectivity index (χ3n) is 5.03. The number of pyridine rings is 1. The van der Waals surface area contributed by atoms with Crippen molar-refractivity contribution in [2.24, 2.45) is 0 Å². The number of aliphatic hydroxyl groups excluding tert-OH is 2. The first-order valence-electron chi connectivity index (χ1n) is 11.4. The van der Waals surface area contributed by atoms with E-state index in [0.717, 1.165) is 47.4 Å². The summed E-state index contributed by atoms with van der Waals surface area (Å²) < 4.78 is 16.9. The van der Waals surface area contributed by atoms with Gasteiger partial charge in [0.25, 0.3) is 0 Å². The maximum atomic E-state index is 9.77. The molecule has 0 spiro atoms. The third-order valence-corrected chi connectivity index (χ3v) is 5.03. The van der Waals surface area contributed by atoms with Gasteiger partial charge < -0.3 is 34.3 Å². The number of aryl methyl sites for hydroxylation is 1. The van der Waals surface area contributed by atoms with Crippen molar-refractivity contribution >= 4 is 11.9 Å². The average Bonchev–Trinajstić information content (AvgIpc) is 3.29. The van der Waals surface area contributed by atoms with Gasteiger partial charge in [-0.25, -0.2) is 9.59 Å². The predicted molar refractivity (Wildman–Crippen MR) is 132 cm³/mol. The molecule has 2 heterocycles. The molecule has 0 saturated carbocycles. The van der Waals surface area contributed by atoms with E-state index >= 15 is 0 Å². The van der Waals surface area contributed by atoms with Gasteiger partial charge in [0.05, 0.1) is 26.0 Å². The number of benzene rings is 1. The Kier molecular flexibility index (Phi) is 11.6. The zero-order valence-corrected chi connectivity index (χ0v) is 20.9. The molecular formula is C26H32N2O9. The molecule has 0 aliphatic heterocycles. The number of aliphatic carboxylic acids is 2. The minimum atomic E-state index is -2.27. The number of methoxy groups -OCH3 is 1. The molecular weight excluding hydrogens is 484 g/mol. The maximum absolute atomic E-state index is 9.77. The van der Waals surface area contributed by atoms with E-state index in [1.165, 1.54) is 0 Å². The van der Waals surface area contributed by atoms with Gasteiger partial charge in [0.2, 0.25) is 0 Å². The second-order valence-corrected chi connectivity index (χ2v) is 7.96. The highest BCUT2D eigenvalue weighted by Crippen LogP contribution is 2.29. The second-order valence-electron chi connectivity index (χ2n) is 7.96. The molecule has 0 bridgehead atoms. The van der Waals surface area contributed by atoms with Gasteiger partial charge in [-0.2, -0.15) is 0 Å². The molecule has 200 valence electrons. The van der Waals surface area contributed by atoms with E-state index in [-0.39, 0.29) is 0 Å². The van der Waals surface area contributed by atoms with Crippen LogP contribution in [0, 0.1) is 6.92 Å². The standard InChI is InChI=1S/C22H26N2O3.C4H6O6/c1-4-26-21-11-9-18(13-22(21)25-3)14-24(15-19-7-5-6-12-23-19)16-20-10-8-17(2)27-20;5-1(3(7)8)2(6)4(9)10/h5-13H,4,14-16H2,1-3H3;1-2,5-6H,(H,7,8)(H,9,10). The van der Waals surface area contributed by atoms with Crippen LogP contribution >= 0.6 is 0 Å². The molecule has 0 radical (unpaired) electrons. The fourth-order valence-electron chi connectivity index (χ4n) is 3.29. The fraction of sp³-hybridized carbons (Fsp3) is 0.346. The summed E-state index contributed by atoms with van der Waals surface area (Å²) in [6.45, 7) is 6.73. The van der Waals surface area contributed by atoms with Gasteiger partial charge in [0, 0.05) is 19.3 Å². The van der Waals surface area contributed by atoms with Crippen molar-refractivity contribution in [3.63, 3.8) is 0 Å². The van der Waals surface area contributed by atoms with E-state index in [2.05, 4.69) is 16.0 Å². The van der Waals surface area contributed by atoms with E-state index in [1.807, 2.05) is 62.5 Å². The van der Waals surface area contributed by atoms with Crippen LogP contribution in [0.4, 0.5) is 0 Å². The van der Waals surface area contributed by atoms with Crippen LogP contribution in [0.3, 0.4) is 0 Å². The van der Waals surface area contributed by atoms with Gasteiger partial charge in [-0.3, -0.25) is 9.88 Å². The van der Waals surface area contributed by atoms with Crippen LogP contribution in [0.25, 0.3) is 0 Å². The lowest BCUT2D eigenvalue weighted by Gasteiger charge is -2.22. The van der Waals surface area contributed by atoms with Crippen LogP contribution in [-0.2, 0) is 29.2 Å². The highest BCUT2D eigenvalue weighted by molar-refractivity contribution is 5.83. The Morgan fingerprint density at radius 3 is 2.19 bits per heavy atom. The molecule has 37 heavy (non-hydrogen) atoms. The number of ether oxygens (including phenoxy) is 2. The minimum Gasteiger partial charge on any atom is -0.493 e. The summed E-state index contributed by atoms with van der Waals surface area (Å²) in [6.07, 6.45) is -2.71. The molecule has 2 aromatic heterocycles. The van der Waals surface area contributed by atoms with Crippen LogP contribution in [-0.4, -0.2) is 68.2 Å². The molecule has 0 fully saturated rings. The number of carboxylic acid groups (broad SMARTS) is 2. The second kappa shape index (κ2) is 14.6. The van der Waals surface area contributed by atoms with Crippen LogP contribution < -0.4 is 9.47 Å². The molecule has 2 atom stereocenters. The molecule has 0 aliphatic carbocycles. The number of hydrogen-bond donors (Lipinski definition) is 4. The average molecular weight is 517 g/mol. The zero-order chi connectivity index (χ0) is 27.4. The first-order valence-corrected chi connectivity index (χ1v) is 11.4. The van der Waals surface area contributed by atoms with Crippen molar-refractivity contribution < 1.29 is 43.9 Å². The summed E-state index contributed by atoms with van der Waals surface area (Å²) in [7, 11) is 1.67. The van der Waals surface area contributed by atoms with Crippen molar-refractivity contribution in [2.45, 2.75) is 45.7 Å². The fourth-order valence-corrected chi connectivity index (χ4v) is 3.29. The molecule has 2 unspecified atom stereocenters. The predicted octanol–water partition coefficient (Wildman–Crippen LogP) is 2.47. The lowest BCUT2D eigenvalue weighted by atomic mass is 10.1. The smallest absolute Gasteiger partial charge is 0.335 e. The van der Waals surface area contributed by atoms with Crippen LogP contribution in [0.2, 0.25) is 0 Å². The maximum Gasteiger partial charge on any atom is 0.335 e. The Hall–Kier alpha value is -3.93. The Morgan fingerprint density at radius 2 is 1.68 bits per heavy atom. The highest BCUT2D eigenvalue weighted by Gasteiger charge is 2.29. The summed E-state index contributed by atoms with van der Waals surface area (Å²) in [5.41, 5.74) is 2.17. The number of carboxylic acids is 2. The Morgan fingerprint density at radius 1 is 0.973 bits per heavy atom. The summed E-state index contributed by atoms with van der Waals surface area (Å²) >= 11 is 0. The molecule has 11 nitrogen and oxygen atoms in total. The van der Waals surface area contributed by atoms with Gasteiger partial charge in [-0.05, 0) is 55.8 Å². The monoisotopic (exact) mass is 516 g/mol. The Labute approximate surface area is 214 Å². The zero-order valence-electron chi connectivity index (χ0n) is 20.9. The Balaban J connectivity index is 0.000000410. The SMILES string of the molecule is CCOc1ccc(CN(Cc2ccccn2)Cc2ccc(C)o2)cc1OC.O=C(O)C(O)C(O)C(=O)O. The van der Waals surface area contributed by atoms with Crippen molar-refractivity contribution in [2.75, 3.05) is 13.7 Å².